The van der Waals surface area contributed by atoms with Crippen molar-refractivity contribution < 1.29 is 9.18 Å². The number of nitrogens with zero attached hydrogens (tertiary/aromatic N) is 2. The van der Waals surface area contributed by atoms with E-state index in [4.69, 9.17) is 11.6 Å². The lowest BCUT2D eigenvalue weighted by molar-refractivity contribution is 0.0943. The summed E-state index contributed by atoms with van der Waals surface area (Å²) in [4.78, 5) is 24.6. The van der Waals surface area contributed by atoms with Crippen LogP contribution in [-0.2, 0) is 6.54 Å². The molecule has 0 radical (unpaired) electrons. The normalized spacial score (nSPS) is 10.6. The molecule has 0 fully saturated rings. The van der Waals surface area contributed by atoms with E-state index in [0.717, 1.165) is 0 Å². The van der Waals surface area contributed by atoms with E-state index in [0.29, 0.717) is 16.3 Å². The molecular weight excluding hydrogens is 357 g/mol. The van der Waals surface area contributed by atoms with Crippen molar-refractivity contribution in [3.05, 3.63) is 92.6 Å². The quantitative estimate of drug-likeness (QED) is 0.765. The Labute approximate surface area is 154 Å². The number of rotatable bonds is 4. The molecule has 0 aliphatic rings. The number of nitrogens with one attached hydrogen (secondary N) is 1. The van der Waals surface area contributed by atoms with Crippen LogP contribution in [0.25, 0.3) is 5.69 Å². The summed E-state index contributed by atoms with van der Waals surface area (Å²) in [5, 5.41) is 7.18. The predicted molar refractivity (Wildman–Crippen MR) is 97.2 cm³/mol. The van der Waals surface area contributed by atoms with Gasteiger partial charge in [0, 0.05) is 23.3 Å². The van der Waals surface area contributed by atoms with Crippen LogP contribution in [0, 0.1) is 12.7 Å². The topological polar surface area (TPSA) is 64.0 Å². The first-order valence-electron chi connectivity index (χ1n) is 7.85. The Morgan fingerprint density at radius 3 is 2.62 bits per heavy atom. The number of hydrogen-bond acceptors (Lipinski definition) is 3. The first kappa shape index (κ1) is 17.8. The molecule has 5 nitrogen and oxygen atoms in total. The molecule has 1 heterocycles. The zero-order chi connectivity index (χ0) is 18.7. The van der Waals surface area contributed by atoms with E-state index < -0.39 is 17.2 Å². The molecule has 132 valence electrons. The van der Waals surface area contributed by atoms with Crippen molar-refractivity contribution in [3.63, 3.8) is 0 Å². The van der Waals surface area contributed by atoms with E-state index in [1.807, 2.05) is 0 Å². The van der Waals surface area contributed by atoms with Gasteiger partial charge in [0.15, 0.2) is 5.69 Å². The molecule has 26 heavy (non-hydrogen) atoms. The molecule has 0 aliphatic heterocycles. The molecule has 0 saturated carbocycles. The second-order valence-electron chi connectivity index (χ2n) is 5.64. The van der Waals surface area contributed by atoms with Gasteiger partial charge in [-0.05, 0) is 30.7 Å². The molecule has 1 aromatic heterocycles. The molecule has 3 rings (SSSR count). The second-order valence-corrected chi connectivity index (χ2v) is 6.04. The summed E-state index contributed by atoms with van der Waals surface area (Å²) in [7, 11) is 0. The molecule has 0 atom stereocenters. The highest BCUT2D eigenvalue weighted by Gasteiger charge is 2.16. The lowest BCUT2D eigenvalue weighted by Gasteiger charge is -2.12. The maximum Gasteiger partial charge on any atom is 0.276 e. The highest BCUT2D eigenvalue weighted by Crippen LogP contribution is 2.15. The molecule has 3 aromatic rings. The molecule has 1 amide bonds. The fourth-order valence-corrected chi connectivity index (χ4v) is 2.68. The largest absolute Gasteiger partial charge is 0.346 e. The molecule has 0 saturated heterocycles. The summed E-state index contributed by atoms with van der Waals surface area (Å²) in [6.45, 7) is 1.76. The molecule has 0 aliphatic carbocycles. The average Bonchev–Trinajstić information content (AvgIpc) is 2.62. The van der Waals surface area contributed by atoms with Gasteiger partial charge < -0.3 is 5.32 Å². The first-order chi connectivity index (χ1) is 12.5. The Morgan fingerprint density at radius 2 is 1.88 bits per heavy atom. The average molecular weight is 372 g/mol. The summed E-state index contributed by atoms with van der Waals surface area (Å²) in [6, 6.07) is 14.3. The number of aryl methyl sites for hydroxylation is 1. The second kappa shape index (κ2) is 7.49. The number of halogens is 2. The molecule has 0 unspecified atom stereocenters. The van der Waals surface area contributed by atoms with Crippen molar-refractivity contribution >= 4 is 17.5 Å². The Balaban J connectivity index is 1.91. The van der Waals surface area contributed by atoms with Gasteiger partial charge in [-0.25, -0.2) is 9.07 Å². The van der Waals surface area contributed by atoms with Crippen LogP contribution < -0.4 is 10.7 Å². The number of benzene rings is 2. The number of para-hydroxylation sites is 1. The van der Waals surface area contributed by atoms with Gasteiger partial charge in [0.1, 0.15) is 11.5 Å². The standard InChI is InChI=1S/C19H15ClFN3O2/c1-12-10-17(25)18(23-24(12)16-9-5-4-8-15(16)21)19(26)22-11-13-6-2-3-7-14(13)20/h2-10H,11H2,1H3,(H,22,26). The minimum Gasteiger partial charge on any atom is -0.346 e. The highest BCUT2D eigenvalue weighted by atomic mass is 35.5. The van der Waals surface area contributed by atoms with E-state index in [-0.39, 0.29) is 17.9 Å². The molecule has 2 aromatic carbocycles. The van der Waals surface area contributed by atoms with Crippen LogP contribution >= 0.6 is 11.6 Å². The van der Waals surface area contributed by atoms with Gasteiger partial charge in [-0.15, -0.1) is 0 Å². The van der Waals surface area contributed by atoms with Crippen LogP contribution in [0.1, 0.15) is 21.7 Å². The van der Waals surface area contributed by atoms with Crippen LogP contribution in [0.3, 0.4) is 0 Å². The Kier molecular flexibility index (Phi) is 5.14. The molecular formula is C19H15ClFN3O2. The van der Waals surface area contributed by atoms with Gasteiger partial charge in [0.2, 0.25) is 5.43 Å². The monoisotopic (exact) mass is 371 g/mol. The van der Waals surface area contributed by atoms with E-state index in [1.165, 1.54) is 22.9 Å². The smallest absolute Gasteiger partial charge is 0.276 e. The summed E-state index contributed by atoms with van der Waals surface area (Å²) in [6.07, 6.45) is 0. The van der Waals surface area contributed by atoms with Crippen molar-refractivity contribution in [3.8, 4) is 5.69 Å². The van der Waals surface area contributed by atoms with Gasteiger partial charge >= 0.3 is 0 Å². The third-order valence-electron chi connectivity index (χ3n) is 3.80. The number of aromatic nitrogens is 2. The molecule has 0 bridgehead atoms. The van der Waals surface area contributed by atoms with E-state index >= 15 is 0 Å². The summed E-state index contributed by atoms with van der Waals surface area (Å²) in [5.74, 6) is -1.16. The van der Waals surface area contributed by atoms with Crippen molar-refractivity contribution in [2.45, 2.75) is 13.5 Å². The number of carbonyl (C=O) groups excluding carboxylic acids is 1. The van der Waals surface area contributed by atoms with Crippen molar-refractivity contribution in [2.24, 2.45) is 0 Å². The van der Waals surface area contributed by atoms with Crippen molar-refractivity contribution in [2.75, 3.05) is 0 Å². The van der Waals surface area contributed by atoms with E-state index in [1.54, 1.807) is 43.3 Å². The minimum absolute atomic E-state index is 0.146. The fraction of sp³-hybridized carbons (Fsp3) is 0.105. The van der Waals surface area contributed by atoms with Gasteiger partial charge in [-0.2, -0.15) is 5.10 Å². The number of carbonyl (C=O) groups is 1. The molecule has 0 spiro atoms. The number of hydrogen-bond donors (Lipinski definition) is 1. The first-order valence-corrected chi connectivity index (χ1v) is 8.22. The number of amides is 1. The van der Waals surface area contributed by atoms with Crippen LogP contribution in [0.15, 0.2) is 59.4 Å². The lowest BCUT2D eigenvalue weighted by atomic mass is 10.2. The maximum atomic E-state index is 14.0. The van der Waals surface area contributed by atoms with E-state index in [2.05, 4.69) is 10.4 Å². The fourth-order valence-electron chi connectivity index (χ4n) is 2.47. The van der Waals surface area contributed by atoms with Gasteiger partial charge in [0.25, 0.3) is 5.91 Å². The minimum atomic E-state index is -0.653. The van der Waals surface area contributed by atoms with Crippen molar-refractivity contribution in [1.82, 2.24) is 15.1 Å². The zero-order valence-electron chi connectivity index (χ0n) is 13.9. The van der Waals surface area contributed by atoms with Gasteiger partial charge in [-0.3, -0.25) is 9.59 Å². The maximum absolute atomic E-state index is 14.0. The summed E-state index contributed by atoms with van der Waals surface area (Å²) >= 11 is 6.05. The Morgan fingerprint density at radius 1 is 1.19 bits per heavy atom. The molecule has 1 N–H and O–H groups in total. The Hall–Kier alpha value is -2.99. The van der Waals surface area contributed by atoms with Crippen molar-refractivity contribution in [1.29, 1.82) is 0 Å². The third-order valence-corrected chi connectivity index (χ3v) is 4.17. The third kappa shape index (κ3) is 3.65. The van der Waals surface area contributed by atoms with Crippen LogP contribution in [0.5, 0.6) is 0 Å². The predicted octanol–water partition coefficient (Wildman–Crippen LogP) is 3.26. The summed E-state index contributed by atoms with van der Waals surface area (Å²) < 4.78 is 15.3. The van der Waals surface area contributed by atoms with Crippen LogP contribution in [0.2, 0.25) is 5.02 Å². The lowest BCUT2D eigenvalue weighted by Crippen LogP contribution is -2.31. The van der Waals surface area contributed by atoms with Crippen LogP contribution in [0.4, 0.5) is 4.39 Å². The zero-order valence-corrected chi connectivity index (χ0v) is 14.6. The SMILES string of the molecule is Cc1cc(=O)c(C(=O)NCc2ccccc2Cl)nn1-c1ccccc1F. The highest BCUT2D eigenvalue weighted by molar-refractivity contribution is 6.31. The van der Waals surface area contributed by atoms with E-state index in [9.17, 15) is 14.0 Å². The van der Waals surface area contributed by atoms with Gasteiger partial charge in [0.05, 0.1) is 0 Å². The Bertz CT molecular complexity index is 1030. The van der Waals surface area contributed by atoms with Gasteiger partial charge in [-0.1, -0.05) is 41.9 Å². The van der Waals surface area contributed by atoms with Crippen LogP contribution in [-0.4, -0.2) is 15.7 Å². The summed E-state index contributed by atoms with van der Waals surface area (Å²) in [5.41, 5.74) is 0.439. The molecule has 7 heteroatoms.